The van der Waals surface area contributed by atoms with Gasteiger partial charge in [-0.25, -0.2) is 0 Å². The van der Waals surface area contributed by atoms with Crippen molar-refractivity contribution in [2.24, 2.45) is 11.1 Å². The molecule has 1 heterocycles. The molecule has 0 radical (unpaired) electrons. The van der Waals surface area contributed by atoms with Crippen molar-refractivity contribution in [1.29, 1.82) is 0 Å². The molecule has 0 aliphatic rings. The van der Waals surface area contributed by atoms with Gasteiger partial charge in [0.15, 0.2) is 0 Å². The van der Waals surface area contributed by atoms with Crippen molar-refractivity contribution < 1.29 is 4.42 Å². The third kappa shape index (κ3) is 4.37. The summed E-state index contributed by atoms with van der Waals surface area (Å²) in [7, 11) is 2.03. The zero-order chi connectivity index (χ0) is 15.5. The Kier molecular flexibility index (Phi) is 4.75. The van der Waals surface area contributed by atoms with Gasteiger partial charge in [-0.2, -0.15) is 0 Å². The van der Waals surface area contributed by atoms with Gasteiger partial charge in [0, 0.05) is 12.1 Å². The lowest BCUT2D eigenvalue weighted by Gasteiger charge is -2.27. The van der Waals surface area contributed by atoms with Crippen LogP contribution in [0.15, 0.2) is 28.7 Å². The summed E-state index contributed by atoms with van der Waals surface area (Å²) in [5, 5.41) is 8.24. The van der Waals surface area contributed by atoms with Crippen LogP contribution in [-0.2, 0) is 6.54 Å². The van der Waals surface area contributed by atoms with Crippen LogP contribution in [0.4, 0.5) is 0 Å². The monoisotopic (exact) mass is 288 g/mol. The predicted molar refractivity (Wildman–Crippen MR) is 83.6 cm³/mol. The maximum absolute atomic E-state index is 5.76. The van der Waals surface area contributed by atoms with E-state index in [1.165, 1.54) is 5.56 Å². The summed E-state index contributed by atoms with van der Waals surface area (Å²) in [5.41, 5.74) is 8.00. The van der Waals surface area contributed by atoms with Crippen LogP contribution in [0.2, 0.25) is 0 Å². The molecule has 114 valence electrons. The Bertz CT molecular complexity index is 574. The molecule has 2 aromatic rings. The topological polar surface area (TPSA) is 68.2 Å². The summed E-state index contributed by atoms with van der Waals surface area (Å²) in [6.45, 7) is 8.51. The molecule has 0 saturated carbocycles. The number of benzene rings is 1. The summed E-state index contributed by atoms with van der Waals surface area (Å²) in [6.07, 6.45) is 0. The Morgan fingerprint density at radius 3 is 2.48 bits per heavy atom. The van der Waals surface area contributed by atoms with E-state index >= 15 is 0 Å². The third-order valence-electron chi connectivity index (χ3n) is 3.42. The lowest BCUT2D eigenvalue weighted by Crippen LogP contribution is -2.36. The molecule has 21 heavy (non-hydrogen) atoms. The number of hydrogen-bond donors (Lipinski definition) is 1. The van der Waals surface area contributed by atoms with Crippen LogP contribution in [0.25, 0.3) is 11.5 Å². The van der Waals surface area contributed by atoms with E-state index in [0.29, 0.717) is 24.9 Å². The van der Waals surface area contributed by atoms with Crippen LogP contribution in [-0.4, -0.2) is 35.2 Å². The van der Waals surface area contributed by atoms with Gasteiger partial charge in [0.05, 0.1) is 6.54 Å². The molecule has 0 unspecified atom stereocenters. The molecule has 0 aliphatic carbocycles. The maximum Gasteiger partial charge on any atom is 0.247 e. The van der Waals surface area contributed by atoms with Gasteiger partial charge in [-0.1, -0.05) is 31.5 Å². The highest BCUT2D eigenvalue weighted by atomic mass is 16.4. The highest BCUT2D eigenvalue weighted by molar-refractivity contribution is 5.52. The fourth-order valence-corrected chi connectivity index (χ4v) is 2.21. The van der Waals surface area contributed by atoms with Crippen LogP contribution in [0, 0.1) is 12.3 Å². The maximum atomic E-state index is 5.76. The van der Waals surface area contributed by atoms with Gasteiger partial charge in [-0.15, -0.1) is 10.2 Å². The molecule has 2 N–H and O–H groups in total. The van der Waals surface area contributed by atoms with E-state index < -0.39 is 0 Å². The van der Waals surface area contributed by atoms with Gasteiger partial charge < -0.3 is 10.2 Å². The van der Waals surface area contributed by atoms with Gasteiger partial charge in [0.1, 0.15) is 0 Å². The molecule has 0 atom stereocenters. The first-order valence-electron chi connectivity index (χ1n) is 7.18. The quantitative estimate of drug-likeness (QED) is 0.884. The molecular weight excluding hydrogens is 264 g/mol. The molecule has 0 amide bonds. The molecule has 1 aromatic heterocycles. The Hall–Kier alpha value is -1.72. The van der Waals surface area contributed by atoms with E-state index in [-0.39, 0.29) is 5.41 Å². The molecule has 5 nitrogen and oxygen atoms in total. The second kappa shape index (κ2) is 6.37. The van der Waals surface area contributed by atoms with Crippen LogP contribution in [0.3, 0.4) is 0 Å². The zero-order valence-electron chi connectivity index (χ0n) is 13.3. The van der Waals surface area contributed by atoms with Crippen molar-refractivity contribution in [3.8, 4) is 11.5 Å². The summed E-state index contributed by atoms with van der Waals surface area (Å²) < 4.78 is 5.73. The van der Waals surface area contributed by atoms with E-state index in [0.717, 1.165) is 12.1 Å². The number of rotatable bonds is 6. The number of nitrogens with zero attached hydrogens (tertiary/aromatic N) is 3. The third-order valence-corrected chi connectivity index (χ3v) is 3.42. The van der Waals surface area contributed by atoms with Crippen LogP contribution < -0.4 is 5.73 Å². The molecule has 2 rings (SSSR count). The minimum atomic E-state index is 0.0779. The van der Waals surface area contributed by atoms with Crippen LogP contribution in [0.5, 0.6) is 0 Å². The van der Waals surface area contributed by atoms with Gasteiger partial charge in [-0.05, 0) is 38.1 Å². The average Bonchev–Trinajstić information content (AvgIpc) is 2.87. The lowest BCUT2D eigenvalue weighted by atomic mass is 9.93. The smallest absolute Gasteiger partial charge is 0.247 e. The minimum absolute atomic E-state index is 0.0779. The van der Waals surface area contributed by atoms with Gasteiger partial charge >= 0.3 is 0 Å². The molecule has 1 aromatic carbocycles. The van der Waals surface area contributed by atoms with Crippen molar-refractivity contribution >= 4 is 0 Å². The normalized spacial score (nSPS) is 12.1. The first-order valence-corrected chi connectivity index (χ1v) is 7.18. The van der Waals surface area contributed by atoms with Crippen molar-refractivity contribution in [2.75, 3.05) is 20.1 Å². The van der Waals surface area contributed by atoms with Crippen LogP contribution >= 0.6 is 0 Å². The number of hydrogen-bond acceptors (Lipinski definition) is 5. The summed E-state index contributed by atoms with van der Waals surface area (Å²) >= 11 is 0. The predicted octanol–water partition coefficient (Wildman–Crippen LogP) is 2.46. The fraction of sp³-hybridized carbons (Fsp3) is 0.500. The van der Waals surface area contributed by atoms with Crippen LogP contribution in [0.1, 0.15) is 25.3 Å². The van der Waals surface area contributed by atoms with E-state index in [1.54, 1.807) is 0 Å². The number of aromatic nitrogens is 2. The first kappa shape index (κ1) is 15.7. The molecule has 5 heteroatoms. The standard InChI is InChI=1S/C16H24N4O/c1-12-5-7-13(8-6-12)15-19-18-14(21-15)9-20(4)11-16(2,3)10-17/h5-8H,9-11,17H2,1-4H3. The molecule has 0 saturated heterocycles. The Morgan fingerprint density at radius 2 is 1.86 bits per heavy atom. The minimum Gasteiger partial charge on any atom is -0.419 e. The highest BCUT2D eigenvalue weighted by Gasteiger charge is 2.19. The summed E-state index contributed by atoms with van der Waals surface area (Å²) in [4.78, 5) is 2.15. The van der Waals surface area contributed by atoms with Crippen molar-refractivity contribution in [1.82, 2.24) is 15.1 Å². The zero-order valence-corrected chi connectivity index (χ0v) is 13.3. The Balaban J connectivity index is 2.01. The molecule has 0 spiro atoms. The van der Waals surface area contributed by atoms with Gasteiger partial charge in [0.25, 0.3) is 0 Å². The second-order valence-corrected chi connectivity index (χ2v) is 6.41. The van der Waals surface area contributed by atoms with E-state index in [9.17, 15) is 0 Å². The van der Waals surface area contributed by atoms with E-state index in [1.807, 2.05) is 31.3 Å². The molecule has 0 fully saturated rings. The summed E-state index contributed by atoms with van der Waals surface area (Å²) in [5.74, 6) is 1.19. The second-order valence-electron chi connectivity index (χ2n) is 6.41. The SMILES string of the molecule is Cc1ccc(-c2nnc(CN(C)CC(C)(C)CN)o2)cc1. The van der Waals surface area contributed by atoms with Crippen molar-refractivity contribution in [3.63, 3.8) is 0 Å². The van der Waals surface area contributed by atoms with Crippen molar-refractivity contribution in [2.45, 2.75) is 27.3 Å². The highest BCUT2D eigenvalue weighted by Crippen LogP contribution is 2.20. The molecular formula is C16H24N4O. The molecule has 0 bridgehead atoms. The van der Waals surface area contributed by atoms with Gasteiger partial charge in [-0.3, -0.25) is 4.90 Å². The van der Waals surface area contributed by atoms with E-state index in [4.69, 9.17) is 10.2 Å². The van der Waals surface area contributed by atoms with E-state index in [2.05, 4.69) is 35.9 Å². The first-order chi connectivity index (χ1) is 9.89. The Labute approximate surface area is 126 Å². The van der Waals surface area contributed by atoms with Crippen molar-refractivity contribution in [3.05, 3.63) is 35.7 Å². The number of nitrogens with two attached hydrogens (primary N) is 1. The largest absolute Gasteiger partial charge is 0.419 e. The lowest BCUT2D eigenvalue weighted by molar-refractivity contribution is 0.196. The number of aryl methyl sites for hydroxylation is 1. The van der Waals surface area contributed by atoms with Gasteiger partial charge in [0.2, 0.25) is 11.8 Å². The average molecular weight is 288 g/mol. The molecule has 0 aliphatic heterocycles. The summed E-state index contributed by atoms with van der Waals surface area (Å²) in [6, 6.07) is 8.06. The fourth-order valence-electron chi connectivity index (χ4n) is 2.21. The Morgan fingerprint density at radius 1 is 1.19 bits per heavy atom.